The molecule has 1 fully saturated rings. The fourth-order valence-corrected chi connectivity index (χ4v) is 3.75. The van der Waals surface area contributed by atoms with Gasteiger partial charge in [0.05, 0.1) is 17.6 Å². The molecule has 146 valence electrons. The molecule has 0 atom stereocenters. The number of pyridine rings is 2. The summed E-state index contributed by atoms with van der Waals surface area (Å²) in [6, 6.07) is 3.85. The highest BCUT2D eigenvalue weighted by molar-refractivity contribution is 5.87. The summed E-state index contributed by atoms with van der Waals surface area (Å²) in [6.45, 7) is 1.93. The number of aryl methyl sites for hydroxylation is 1. The van der Waals surface area contributed by atoms with Crippen LogP contribution in [0, 0.1) is 12.8 Å². The summed E-state index contributed by atoms with van der Waals surface area (Å²) in [5, 5.41) is 1.83. The average molecular weight is 384 g/mol. The van der Waals surface area contributed by atoms with Gasteiger partial charge in [-0.05, 0) is 37.3 Å². The first-order chi connectivity index (χ1) is 13.3. The predicted molar refractivity (Wildman–Crippen MR) is 102 cm³/mol. The van der Waals surface area contributed by atoms with E-state index in [1.54, 1.807) is 18.6 Å². The van der Waals surface area contributed by atoms with Crippen molar-refractivity contribution in [2.24, 2.45) is 13.0 Å². The highest BCUT2D eigenvalue weighted by Gasteiger charge is 2.37. The summed E-state index contributed by atoms with van der Waals surface area (Å²) >= 11 is 0. The molecule has 1 aliphatic rings. The number of carbonyl (C=O) groups excluding carboxylic acids is 1. The first kappa shape index (κ1) is 18.7. The van der Waals surface area contributed by atoms with Crippen molar-refractivity contribution in [1.82, 2.24) is 19.5 Å². The minimum Gasteiger partial charge on any atom is -0.330 e. The molecule has 28 heavy (non-hydrogen) atoms. The number of halogens is 2. The number of rotatable bonds is 4. The Morgan fingerprint density at radius 1 is 1.11 bits per heavy atom. The van der Waals surface area contributed by atoms with E-state index in [2.05, 4.69) is 15.0 Å². The minimum absolute atomic E-state index is 0.00103. The lowest BCUT2D eigenvalue weighted by Crippen LogP contribution is -2.29. The van der Waals surface area contributed by atoms with Gasteiger partial charge in [0.1, 0.15) is 11.6 Å². The van der Waals surface area contributed by atoms with E-state index in [9.17, 15) is 13.6 Å². The fourth-order valence-electron chi connectivity index (χ4n) is 3.75. The number of fused-ring (bicyclic) bond motifs is 1. The van der Waals surface area contributed by atoms with Gasteiger partial charge in [-0.15, -0.1) is 0 Å². The summed E-state index contributed by atoms with van der Waals surface area (Å²) < 4.78 is 28.6. The second kappa shape index (κ2) is 7.04. The van der Waals surface area contributed by atoms with Crippen molar-refractivity contribution < 1.29 is 13.6 Å². The molecule has 0 amide bonds. The largest absolute Gasteiger partial charge is 0.330 e. The molecule has 0 aromatic carbocycles. The van der Waals surface area contributed by atoms with Gasteiger partial charge in [-0.3, -0.25) is 14.8 Å². The molecule has 7 heteroatoms. The van der Waals surface area contributed by atoms with Crippen LogP contribution in [0.5, 0.6) is 0 Å². The first-order valence-corrected chi connectivity index (χ1v) is 9.46. The Labute approximate surface area is 161 Å². The molecule has 0 saturated heterocycles. The number of alkyl halides is 2. The van der Waals surface area contributed by atoms with Crippen LogP contribution < -0.4 is 0 Å². The summed E-state index contributed by atoms with van der Waals surface area (Å²) in [5.74, 6) is -2.01. The molecule has 0 spiro atoms. The van der Waals surface area contributed by atoms with E-state index in [-0.39, 0.29) is 43.8 Å². The molecular weight excluding hydrogens is 362 g/mol. The molecule has 3 aromatic heterocycles. The molecule has 1 aliphatic carbocycles. The highest BCUT2D eigenvalue weighted by atomic mass is 19.3. The summed E-state index contributed by atoms with van der Waals surface area (Å²) in [5.41, 5.74) is 2.37. The number of Topliss-reactive ketones (excluding diaryl/α,β-unsaturated/α-hetero) is 1. The third kappa shape index (κ3) is 3.66. The lowest BCUT2D eigenvalue weighted by atomic mass is 9.83. The van der Waals surface area contributed by atoms with Gasteiger partial charge < -0.3 is 4.57 Å². The third-order valence-electron chi connectivity index (χ3n) is 5.67. The van der Waals surface area contributed by atoms with Crippen molar-refractivity contribution in [3.63, 3.8) is 0 Å². The predicted octanol–water partition coefficient (Wildman–Crippen LogP) is 4.28. The van der Waals surface area contributed by atoms with Gasteiger partial charge in [0.25, 0.3) is 0 Å². The molecule has 0 bridgehead atoms. The number of hydrogen-bond acceptors (Lipinski definition) is 4. The van der Waals surface area contributed by atoms with Gasteiger partial charge in [0.15, 0.2) is 0 Å². The maximum atomic E-state index is 13.3. The van der Waals surface area contributed by atoms with Crippen molar-refractivity contribution in [2.45, 2.75) is 45.0 Å². The number of nitrogens with zero attached hydrogens (tertiary/aromatic N) is 4. The number of imidazole rings is 1. The Hall–Kier alpha value is -2.70. The molecule has 0 radical (unpaired) electrons. The monoisotopic (exact) mass is 384 g/mol. The molecule has 4 rings (SSSR count). The van der Waals surface area contributed by atoms with Crippen LogP contribution in [0.2, 0.25) is 0 Å². The van der Waals surface area contributed by atoms with E-state index < -0.39 is 5.92 Å². The van der Waals surface area contributed by atoms with Gasteiger partial charge in [0.2, 0.25) is 5.92 Å². The van der Waals surface area contributed by atoms with Crippen LogP contribution in [0.25, 0.3) is 22.2 Å². The smallest absolute Gasteiger partial charge is 0.248 e. The van der Waals surface area contributed by atoms with E-state index in [0.29, 0.717) is 5.69 Å². The van der Waals surface area contributed by atoms with Crippen LogP contribution in [-0.2, 0) is 18.3 Å². The van der Waals surface area contributed by atoms with Gasteiger partial charge in [-0.2, -0.15) is 0 Å². The summed E-state index contributed by atoms with van der Waals surface area (Å²) in [7, 11) is 1.94. The van der Waals surface area contributed by atoms with Crippen molar-refractivity contribution in [2.75, 3.05) is 0 Å². The molecule has 0 aliphatic heterocycles. The van der Waals surface area contributed by atoms with Crippen molar-refractivity contribution in [1.29, 1.82) is 0 Å². The molecular formula is C21H22F2N4O. The standard InChI is InChI=1S/C21H22F2N4O/c1-13-24-12-19(27(13)2)18-8-15-7-17(25-10-16(15)11-26-18)9-20(28)14-3-5-21(22,23)6-4-14/h7-8,10-12,14H,3-6,9H2,1-2H3. The first-order valence-electron chi connectivity index (χ1n) is 9.46. The Morgan fingerprint density at radius 2 is 1.82 bits per heavy atom. The van der Waals surface area contributed by atoms with E-state index in [1.165, 1.54) is 0 Å². The van der Waals surface area contributed by atoms with Crippen LogP contribution in [0.15, 0.2) is 30.7 Å². The Morgan fingerprint density at radius 3 is 2.50 bits per heavy atom. The maximum absolute atomic E-state index is 13.3. The molecule has 3 heterocycles. The highest BCUT2D eigenvalue weighted by Crippen LogP contribution is 2.36. The summed E-state index contributed by atoms with van der Waals surface area (Å²) in [4.78, 5) is 25.7. The quantitative estimate of drug-likeness (QED) is 0.674. The number of carbonyl (C=O) groups is 1. The molecule has 5 nitrogen and oxygen atoms in total. The minimum atomic E-state index is -2.62. The van der Waals surface area contributed by atoms with Crippen molar-refractivity contribution >= 4 is 16.6 Å². The SMILES string of the molecule is Cc1ncc(-c2cc3cc(CC(=O)C4CCC(F)(F)CC4)ncc3cn2)n1C. The maximum Gasteiger partial charge on any atom is 0.248 e. The van der Waals surface area contributed by atoms with Gasteiger partial charge in [-0.1, -0.05) is 0 Å². The number of hydrogen-bond donors (Lipinski definition) is 0. The lowest BCUT2D eigenvalue weighted by Gasteiger charge is -2.27. The zero-order valence-corrected chi connectivity index (χ0v) is 16.0. The molecule has 1 saturated carbocycles. The number of ketones is 1. The van der Waals surface area contributed by atoms with E-state index in [0.717, 1.165) is 28.0 Å². The Kier molecular flexibility index (Phi) is 4.69. The lowest BCUT2D eigenvalue weighted by molar-refractivity contribution is -0.126. The van der Waals surface area contributed by atoms with Crippen molar-refractivity contribution in [3.8, 4) is 11.4 Å². The third-order valence-corrected chi connectivity index (χ3v) is 5.67. The number of aromatic nitrogens is 4. The normalized spacial score (nSPS) is 17.1. The topological polar surface area (TPSA) is 60.7 Å². The molecule has 0 unspecified atom stereocenters. The van der Waals surface area contributed by atoms with Gasteiger partial charge in [0, 0.05) is 55.7 Å². The van der Waals surface area contributed by atoms with Crippen LogP contribution in [-0.4, -0.2) is 31.2 Å². The second-order valence-corrected chi connectivity index (χ2v) is 7.62. The van der Waals surface area contributed by atoms with Gasteiger partial charge in [-0.25, -0.2) is 13.8 Å². The van der Waals surface area contributed by atoms with E-state index in [1.807, 2.05) is 30.7 Å². The Balaban J connectivity index is 1.55. The fraction of sp³-hybridized carbons (Fsp3) is 0.429. The van der Waals surface area contributed by atoms with E-state index >= 15 is 0 Å². The second-order valence-electron chi connectivity index (χ2n) is 7.62. The van der Waals surface area contributed by atoms with Crippen LogP contribution >= 0.6 is 0 Å². The van der Waals surface area contributed by atoms with E-state index in [4.69, 9.17) is 0 Å². The molecule has 0 N–H and O–H groups in total. The molecule has 3 aromatic rings. The summed E-state index contributed by atoms with van der Waals surface area (Å²) in [6.07, 6.45) is 5.54. The van der Waals surface area contributed by atoms with Crippen LogP contribution in [0.4, 0.5) is 8.78 Å². The zero-order chi connectivity index (χ0) is 19.9. The van der Waals surface area contributed by atoms with Crippen LogP contribution in [0.3, 0.4) is 0 Å². The van der Waals surface area contributed by atoms with Crippen molar-refractivity contribution in [3.05, 3.63) is 42.2 Å². The average Bonchev–Trinajstić information content (AvgIpc) is 3.00. The Bertz CT molecular complexity index is 1030. The zero-order valence-electron chi connectivity index (χ0n) is 16.0. The van der Waals surface area contributed by atoms with Crippen LogP contribution in [0.1, 0.15) is 37.2 Å². The van der Waals surface area contributed by atoms with Gasteiger partial charge >= 0.3 is 0 Å².